The molecule has 1 aromatic heterocycles. The van der Waals surface area contributed by atoms with E-state index in [9.17, 15) is 22.4 Å². The maximum absolute atomic E-state index is 14.2. The summed E-state index contributed by atoms with van der Waals surface area (Å²) in [6.45, 7) is 5.11. The summed E-state index contributed by atoms with van der Waals surface area (Å²) < 4.78 is 48.1. The van der Waals surface area contributed by atoms with Crippen molar-refractivity contribution < 1.29 is 27.1 Å². The van der Waals surface area contributed by atoms with Gasteiger partial charge >= 0.3 is 16.3 Å². The normalized spacial score (nSPS) is 19.2. The van der Waals surface area contributed by atoms with Crippen molar-refractivity contribution in [3.8, 4) is 0 Å². The van der Waals surface area contributed by atoms with Crippen LogP contribution in [0.2, 0.25) is 0 Å². The molecule has 1 saturated heterocycles. The van der Waals surface area contributed by atoms with Gasteiger partial charge in [-0.25, -0.2) is 23.9 Å². The molecule has 1 aliphatic heterocycles. The van der Waals surface area contributed by atoms with Crippen molar-refractivity contribution in [3.05, 3.63) is 53.7 Å². The van der Waals surface area contributed by atoms with E-state index in [0.29, 0.717) is 18.4 Å². The van der Waals surface area contributed by atoms with Gasteiger partial charge in [0.25, 0.3) is 5.91 Å². The number of hydrogen-bond acceptors (Lipinski definition) is 8. The van der Waals surface area contributed by atoms with Crippen LogP contribution in [-0.2, 0) is 20.4 Å². The van der Waals surface area contributed by atoms with Crippen LogP contribution in [0, 0.1) is 5.82 Å². The van der Waals surface area contributed by atoms with Crippen LogP contribution >= 0.6 is 0 Å². The third-order valence-electron chi connectivity index (χ3n) is 5.82. The van der Waals surface area contributed by atoms with Crippen molar-refractivity contribution in [2.75, 3.05) is 25.4 Å². The molecule has 2 heterocycles. The molecule has 0 spiro atoms. The summed E-state index contributed by atoms with van der Waals surface area (Å²) in [4.78, 5) is 32.7. The predicted octanol–water partition coefficient (Wildman–Crippen LogP) is 2.12. The van der Waals surface area contributed by atoms with E-state index in [1.165, 1.54) is 24.5 Å². The molecule has 0 saturated carbocycles. The third kappa shape index (κ3) is 6.88. The highest BCUT2D eigenvalue weighted by Gasteiger charge is 2.38. The average molecular weight is 523 g/mol. The van der Waals surface area contributed by atoms with Gasteiger partial charge in [-0.05, 0) is 57.7 Å². The second kappa shape index (κ2) is 10.7. The lowest BCUT2D eigenvalue weighted by molar-refractivity contribution is 0.0566. The zero-order chi connectivity index (χ0) is 26.6. The fraction of sp³-hybridized carbons (Fsp3) is 0.478. The quantitative estimate of drug-likeness (QED) is 0.521. The first-order valence-corrected chi connectivity index (χ1v) is 12.9. The first-order valence-electron chi connectivity index (χ1n) is 11.4. The Balaban J connectivity index is 1.81. The van der Waals surface area contributed by atoms with E-state index in [4.69, 9.17) is 10.5 Å². The van der Waals surface area contributed by atoms with Gasteiger partial charge in [0.05, 0.1) is 0 Å². The van der Waals surface area contributed by atoms with E-state index in [1.807, 2.05) is 4.72 Å². The van der Waals surface area contributed by atoms with Gasteiger partial charge in [-0.1, -0.05) is 12.1 Å². The molecule has 1 aromatic carbocycles. The molecular weight excluding hydrogens is 491 g/mol. The molecule has 196 valence electrons. The number of aromatic nitrogens is 2. The highest BCUT2D eigenvalue weighted by Crippen LogP contribution is 2.36. The highest BCUT2D eigenvalue weighted by molar-refractivity contribution is 7.87. The molecule has 1 fully saturated rings. The number of nitrogens with zero attached hydrogens (tertiary/aromatic N) is 3. The van der Waals surface area contributed by atoms with Crippen molar-refractivity contribution in [3.63, 3.8) is 0 Å². The Hall–Kier alpha value is -3.32. The van der Waals surface area contributed by atoms with Gasteiger partial charge in [-0.15, -0.1) is 0 Å². The molecular formula is C23H31FN6O5S. The molecule has 2 amide bonds. The predicted molar refractivity (Wildman–Crippen MR) is 131 cm³/mol. The smallest absolute Gasteiger partial charge is 0.422 e. The summed E-state index contributed by atoms with van der Waals surface area (Å²) in [5.74, 6) is -1.02. The van der Waals surface area contributed by atoms with Crippen molar-refractivity contribution in [1.29, 1.82) is 0 Å². The van der Waals surface area contributed by atoms with Crippen LogP contribution in [0.3, 0.4) is 0 Å². The second-order valence-electron chi connectivity index (χ2n) is 9.63. The van der Waals surface area contributed by atoms with Gasteiger partial charge in [-0.2, -0.15) is 12.7 Å². The van der Waals surface area contributed by atoms with E-state index in [2.05, 4.69) is 15.3 Å². The fourth-order valence-corrected chi connectivity index (χ4v) is 5.20. The number of halogens is 1. The van der Waals surface area contributed by atoms with E-state index >= 15 is 0 Å². The Morgan fingerprint density at radius 3 is 2.58 bits per heavy atom. The van der Waals surface area contributed by atoms with Gasteiger partial charge < -0.3 is 15.8 Å². The van der Waals surface area contributed by atoms with E-state index in [1.54, 1.807) is 32.9 Å². The number of amides is 2. The molecule has 3 rings (SSSR count). The van der Waals surface area contributed by atoms with E-state index in [0.717, 1.165) is 4.31 Å². The number of rotatable bonds is 6. The first-order chi connectivity index (χ1) is 16.8. The average Bonchev–Trinajstić information content (AvgIpc) is 3.00. The Kier molecular flexibility index (Phi) is 8.14. The van der Waals surface area contributed by atoms with Crippen molar-refractivity contribution >= 4 is 28.0 Å². The zero-order valence-corrected chi connectivity index (χ0v) is 21.3. The first kappa shape index (κ1) is 27.3. The van der Waals surface area contributed by atoms with Crippen LogP contribution in [0.25, 0.3) is 0 Å². The van der Waals surface area contributed by atoms with Crippen molar-refractivity contribution in [1.82, 2.24) is 24.3 Å². The van der Waals surface area contributed by atoms with Crippen molar-refractivity contribution in [2.24, 2.45) is 0 Å². The number of nitrogen functional groups attached to an aromatic ring is 1. The van der Waals surface area contributed by atoms with E-state index in [-0.39, 0.29) is 37.6 Å². The number of carbonyl (C=O) groups excluding carboxylic acids is 2. The summed E-state index contributed by atoms with van der Waals surface area (Å²) in [6, 6.07) is 6.01. The number of hydrogen-bond donors (Lipinski definition) is 3. The summed E-state index contributed by atoms with van der Waals surface area (Å²) in [5.41, 5.74) is 4.69. The maximum atomic E-state index is 14.2. The number of ether oxygens (including phenoxy) is 1. The Morgan fingerprint density at radius 1 is 1.19 bits per heavy atom. The highest BCUT2D eigenvalue weighted by atomic mass is 32.2. The molecule has 36 heavy (non-hydrogen) atoms. The van der Waals surface area contributed by atoms with Crippen LogP contribution in [0.15, 0.2) is 36.7 Å². The minimum absolute atomic E-state index is 0.0256. The molecule has 0 bridgehead atoms. The largest absolute Gasteiger partial charge is 0.443 e. The Bertz CT molecular complexity index is 1220. The molecule has 1 atom stereocenters. The van der Waals surface area contributed by atoms with Crippen LogP contribution < -0.4 is 15.8 Å². The zero-order valence-electron chi connectivity index (χ0n) is 20.5. The summed E-state index contributed by atoms with van der Waals surface area (Å²) in [6.07, 6.45) is 2.74. The number of nitrogens with one attached hydrogen (secondary N) is 2. The number of benzene rings is 1. The molecule has 11 nitrogen and oxygen atoms in total. The van der Waals surface area contributed by atoms with Crippen LogP contribution in [0.1, 0.15) is 56.1 Å². The van der Waals surface area contributed by atoms with Gasteiger partial charge in [-0.3, -0.25) is 4.79 Å². The molecule has 0 radical (unpaired) electrons. The van der Waals surface area contributed by atoms with Crippen LogP contribution in [-0.4, -0.2) is 59.9 Å². The summed E-state index contributed by atoms with van der Waals surface area (Å²) in [5, 5.41) is 2.81. The molecule has 13 heteroatoms. The summed E-state index contributed by atoms with van der Waals surface area (Å²) in [7, 11) is -4.19. The minimum Gasteiger partial charge on any atom is -0.443 e. The fourth-order valence-electron chi connectivity index (χ4n) is 4.12. The number of nitrogens with two attached hydrogens (primary N) is 1. The summed E-state index contributed by atoms with van der Waals surface area (Å²) >= 11 is 0. The molecule has 4 N–H and O–H groups in total. The van der Waals surface area contributed by atoms with E-state index < -0.39 is 39.0 Å². The number of anilines is 1. The molecule has 1 aliphatic rings. The second-order valence-corrected chi connectivity index (χ2v) is 11.3. The monoisotopic (exact) mass is 522 g/mol. The molecule has 2 aromatic rings. The third-order valence-corrected chi connectivity index (χ3v) is 7.29. The molecule has 1 unspecified atom stereocenters. The van der Waals surface area contributed by atoms with Crippen LogP contribution in [0.4, 0.5) is 15.0 Å². The standard InChI is InChI=1S/C23H31FN6O5S/c1-22(2,3)35-21(32)29-36(33,34)30-12-5-8-23(9-13-30,16-6-4-7-17(24)14-16)15-28-20(31)18-19(25)27-11-10-26-18/h4,6-7,10-11,14H,5,8-9,12-13,15H2,1-3H3,(H2,25,27)(H,28,31)(H,29,32). The van der Waals surface area contributed by atoms with Gasteiger partial charge in [0.15, 0.2) is 11.5 Å². The molecule has 0 aliphatic carbocycles. The Morgan fingerprint density at radius 2 is 1.92 bits per heavy atom. The van der Waals surface area contributed by atoms with Crippen molar-refractivity contribution in [2.45, 2.75) is 51.0 Å². The SMILES string of the molecule is CC(C)(C)OC(=O)NS(=O)(=O)N1CCCC(CNC(=O)c2nccnc2N)(c2cccc(F)c2)CC1. The lowest BCUT2D eigenvalue weighted by atomic mass is 9.74. The van der Waals surface area contributed by atoms with Gasteiger partial charge in [0.2, 0.25) is 0 Å². The lowest BCUT2D eigenvalue weighted by Gasteiger charge is -2.34. The lowest BCUT2D eigenvalue weighted by Crippen LogP contribution is -2.46. The van der Waals surface area contributed by atoms with Gasteiger partial charge in [0.1, 0.15) is 11.4 Å². The minimum atomic E-state index is -4.19. The topological polar surface area (TPSA) is 157 Å². The van der Waals surface area contributed by atoms with Crippen LogP contribution in [0.5, 0.6) is 0 Å². The maximum Gasteiger partial charge on any atom is 0.422 e. The van der Waals surface area contributed by atoms with Gasteiger partial charge in [0, 0.05) is 37.4 Å². The number of carbonyl (C=O) groups is 2. The Labute approximate surface area is 209 Å².